The molecular weight excluding hydrogens is 495 g/mol. The van der Waals surface area contributed by atoms with E-state index in [4.69, 9.17) is 4.74 Å². The Morgan fingerprint density at radius 1 is 1.06 bits per heavy atom. The number of rotatable bonds is 8. The number of aryl methyl sites for hydroxylation is 1. The molecule has 186 valence electrons. The van der Waals surface area contributed by atoms with E-state index in [2.05, 4.69) is 10.3 Å². The number of alkyl halides is 3. The van der Waals surface area contributed by atoms with Crippen molar-refractivity contribution in [2.45, 2.75) is 29.3 Å². The van der Waals surface area contributed by atoms with Gasteiger partial charge in [0.1, 0.15) is 16.5 Å². The molecule has 1 N–H and O–H groups in total. The van der Waals surface area contributed by atoms with Gasteiger partial charge in [-0.1, -0.05) is 29.5 Å². The quantitative estimate of drug-likeness (QED) is 0.326. The van der Waals surface area contributed by atoms with Crippen LogP contribution in [0.5, 0.6) is 5.75 Å². The topological polar surface area (TPSA) is 94.3 Å². The lowest BCUT2D eigenvalue weighted by Crippen LogP contribution is -2.27. The predicted molar refractivity (Wildman–Crippen MR) is 129 cm³/mol. The van der Waals surface area contributed by atoms with Crippen molar-refractivity contribution >= 4 is 28.6 Å². The van der Waals surface area contributed by atoms with Crippen molar-refractivity contribution in [2.75, 3.05) is 7.11 Å². The number of fused-ring (bicyclic) bond motifs is 1. The number of thioether (sulfide) groups is 1. The van der Waals surface area contributed by atoms with E-state index in [9.17, 15) is 27.9 Å². The zero-order valence-electron chi connectivity index (χ0n) is 18.9. The number of carbonyl (C=O) groups is 1. The van der Waals surface area contributed by atoms with Gasteiger partial charge in [0.2, 0.25) is 0 Å². The van der Waals surface area contributed by atoms with Crippen molar-refractivity contribution in [1.29, 1.82) is 0 Å². The van der Waals surface area contributed by atoms with Crippen LogP contribution in [0.1, 0.15) is 12.0 Å². The van der Waals surface area contributed by atoms with Crippen molar-refractivity contribution in [2.24, 2.45) is 0 Å². The maximum atomic E-state index is 12.8. The van der Waals surface area contributed by atoms with Gasteiger partial charge in [-0.25, -0.2) is 4.68 Å². The molecule has 0 radical (unpaired) electrons. The van der Waals surface area contributed by atoms with E-state index in [0.717, 1.165) is 28.6 Å². The number of methoxy groups -OCH3 is 1. The minimum atomic E-state index is -4.40. The summed E-state index contributed by atoms with van der Waals surface area (Å²) in [6, 6.07) is 16.5. The molecule has 3 aromatic carbocycles. The first-order valence-electron chi connectivity index (χ1n) is 10.7. The van der Waals surface area contributed by atoms with Crippen LogP contribution in [0.2, 0.25) is 0 Å². The van der Waals surface area contributed by atoms with Gasteiger partial charge in [0.15, 0.2) is 0 Å². The highest BCUT2D eigenvalue weighted by Crippen LogP contribution is 2.32. The van der Waals surface area contributed by atoms with Crippen molar-refractivity contribution in [3.8, 4) is 16.9 Å². The molecule has 0 aliphatic heterocycles. The molecule has 0 fully saturated rings. The fourth-order valence-electron chi connectivity index (χ4n) is 3.54. The van der Waals surface area contributed by atoms with Crippen LogP contribution in [-0.4, -0.2) is 38.4 Å². The summed E-state index contributed by atoms with van der Waals surface area (Å²) in [5, 5.41) is 17.1. The number of nitrogens with zero attached hydrogens (tertiary/aromatic N) is 3. The van der Waals surface area contributed by atoms with Crippen molar-refractivity contribution in [3.63, 3.8) is 0 Å². The van der Waals surface area contributed by atoms with E-state index in [1.807, 2.05) is 0 Å². The van der Waals surface area contributed by atoms with E-state index in [-0.39, 0.29) is 18.5 Å². The SMILES string of the molecule is COc1ccc2c(=O)n(CCC(Sc3ccc(-c4ccc(C(F)(F)F)cc4)cc3)C(=O)O)nnc2c1. The fourth-order valence-corrected chi connectivity index (χ4v) is 4.49. The van der Waals surface area contributed by atoms with E-state index in [1.165, 1.54) is 19.2 Å². The summed E-state index contributed by atoms with van der Waals surface area (Å²) in [5.74, 6) is -0.501. The Hall–Kier alpha value is -3.86. The molecule has 4 aromatic rings. The highest BCUT2D eigenvalue weighted by atomic mass is 32.2. The normalized spacial score (nSPS) is 12.4. The summed E-state index contributed by atoms with van der Waals surface area (Å²) >= 11 is 1.11. The minimum Gasteiger partial charge on any atom is -0.497 e. The van der Waals surface area contributed by atoms with Gasteiger partial charge in [-0.05, 0) is 53.9 Å². The average Bonchev–Trinajstić information content (AvgIpc) is 2.87. The first-order valence-corrected chi connectivity index (χ1v) is 11.6. The maximum absolute atomic E-state index is 12.8. The second kappa shape index (κ2) is 10.4. The van der Waals surface area contributed by atoms with E-state index in [0.29, 0.717) is 32.7 Å². The van der Waals surface area contributed by atoms with Crippen LogP contribution in [-0.2, 0) is 17.5 Å². The number of hydrogen-bond donors (Lipinski definition) is 1. The Morgan fingerprint density at radius 3 is 2.28 bits per heavy atom. The van der Waals surface area contributed by atoms with E-state index < -0.39 is 23.0 Å². The molecule has 0 amide bonds. The molecule has 0 saturated heterocycles. The first-order chi connectivity index (χ1) is 17.2. The summed E-state index contributed by atoms with van der Waals surface area (Å²) in [5.41, 5.74) is 0.596. The number of halogens is 3. The van der Waals surface area contributed by atoms with Gasteiger partial charge in [0.25, 0.3) is 5.56 Å². The van der Waals surface area contributed by atoms with Gasteiger partial charge in [0.05, 0.1) is 18.1 Å². The van der Waals surface area contributed by atoms with Gasteiger partial charge < -0.3 is 9.84 Å². The number of carboxylic acid groups (broad SMARTS) is 1. The third-order valence-electron chi connectivity index (χ3n) is 5.49. The first kappa shape index (κ1) is 25.2. The number of ether oxygens (including phenoxy) is 1. The number of benzene rings is 3. The second-order valence-corrected chi connectivity index (χ2v) is 9.11. The largest absolute Gasteiger partial charge is 0.497 e. The average molecular weight is 516 g/mol. The molecule has 11 heteroatoms. The summed E-state index contributed by atoms with van der Waals surface area (Å²) in [4.78, 5) is 25.2. The Bertz CT molecular complexity index is 1440. The number of carboxylic acids is 1. The van der Waals surface area contributed by atoms with Crippen LogP contribution in [0.4, 0.5) is 13.2 Å². The molecule has 0 aliphatic rings. The lowest BCUT2D eigenvalue weighted by molar-refractivity contribution is -0.138. The fraction of sp³-hybridized carbons (Fsp3) is 0.200. The van der Waals surface area contributed by atoms with E-state index >= 15 is 0 Å². The third kappa shape index (κ3) is 5.68. The van der Waals surface area contributed by atoms with Crippen LogP contribution in [0.25, 0.3) is 22.0 Å². The van der Waals surface area contributed by atoms with Gasteiger partial charge in [0, 0.05) is 17.5 Å². The number of hydrogen-bond acceptors (Lipinski definition) is 6. The lowest BCUT2D eigenvalue weighted by Gasteiger charge is -2.13. The minimum absolute atomic E-state index is 0.0570. The van der Waals surface area contributed by atoms with Crippen LogP contribution < -0.4 is 10.3 Å². The number of aromatic nitrogens is 3. The molecule has 1 unspecified atom stereocenters. The molecule has 0 spiro atoms. The smallest absolute Gasteiger partial charge is 0.416 e. The van der Waals surface area contributed by atoms with Crippen LogP contribution in [0.3, 0.4) is 0 Å². The molecule has 4 rings (SSSR count). The molecular formula is C25H20F3N3O4S. The summed E-state index contributed by atoms with van der Waals surface area (Å²) in [6.45, 7) is 0.0570. The monoisotopic (exact) mass is 515 g/mol. The molecule has 1 atom stereocenters. The van der Waals surface area contributed by atoms with Crippen molar-refractivity contribution in [1.82, 2.24) is 15.0 Å². The molecule has 0 saturated carbocycles. The predicted octanol–water partition coefficient (Wildman–Crippen LogP) is 5.12. The molecule has 0 aliphatic carbocycles. The lowest BCUT2D eigenvalue weighted by atomic mass is 10.0. The van der Waals surface area contributed by atoms with Gasteiger partial charge in [-0.3, -0.25) is 9.59 Å². The van der Waals surface area contributed by atoms with Gasteiger partial charge in [-0.2, -0.15) is 13.2 Å². The Morgan fingerprint density at radius 2 is 1.69 bits per heavy atom. The Kier molecular flexibility index (Phi) is 7.30. The third-order valence-corrected chi connectivity index (χ3v) is 6.75. The molecule has 7 nitrogen and oxygen atoms in total. The molecule has 1 heterocycles. The summed E-state index contributed by atoms with van der Waals surface area (Å²) in [6.07, 6.45) is -4.28. The molecule has 0 bridgehead atoms. The highest BCUT2D eigenvalue weighted by Gasteiger charge is 2.30. The van der Waals surface area contributed by atoms with E-state index in [1.54, 1.807) is 42.5 Å². The van der Waals surface area contributed by atoms with Crippen LogP contribution in [0, 0.1) is 0 Å². The van der Waals surface area contributed by atoms with Crippen molar-refractivity contribution < 1.29 is 27.8 Å². The van der Waals surface area contributed by atoms with Crippen LogP contribution >= 0.6 is 11.8 Å². The standard InChI is InChI=1S/C25H20F3N3O4S/c1-35-18-8-11-20-21(14-18)29-30-31(23(20)32)13-12-22(24(33)34)36-19-9-4-16(5-10-19)15-2-6-17(7-3-15)25(26,27)28/h2-11,14,22H,12-13H2,1H3,(H,33,34). The molecule has 36 heavy (non-hydrogen) atoms. The zero-order valence-corrected chi connectivity index (χ0v) is 19.7. The highest BCUT2D eigenvalue weighted by molar-refractivity contribution is 8.00. The summed E-state index contributed by atoms with van der Waals surface area (Å²) in [7, 11) is 1.50. The molecule has 1 aromatic heterocycles. The number of aliphatic carboxylic acids is 1. The van der Waals surface area contributed by atoms with Crippen LogP contribution in [0.15, 0.2) is 76.4 Å². The summed E-state index contributed by atoms with van der Waals surface area (Å²) < 4.78 is 44.6. The Balaban J connectivity index is 1.44. The van der Waals surface area contributed by atoms with Gasteiger partial charge >= 0.3 is 12.1 Å². The zero-order chi connectivity index (χ0) is 25.9. The maximum Gasteiger partial charge on any atom is 0.416 e. The van der Waals surface area contributed by atoms with Gasteiger partial charge in [-0.15, -0.1) is 16.9 Å². The Labute approximate surface area is 207 Å². The van der Waals surface area contributed by atoms with Crippen molar-refractivity contribution in [3.05, 3.63) is 82.6 Å². The second-order valence-electron chi connectivity index (χ2n) is 7.83.